The van der Waals surface area contributed by atoms with E-state index < -0.39 is 0 Å². The van der Waals surface area contributed by atoms with Crippen LogP contribution in [0, 0.1) is 18.8 Å². The normalized spacial score (nSPS) is 9.92. The molecule has 3 rings (SSSR count). The summed E-state index contributed by atoms with van der Waals surface area (Å²) in [7, 11) is 1.35. The average Bonchev–Trinajstić information content (AvgIpc) is 3.01. The second-order valence-electron chi connectivity index (χ2n) is 5.15. The van der Waals surface area contributed by atoms with Crippen molar-refractivity contribution >= 4 is 5.97 Å². The molecular weight excluding hydrogens is 302 g/mol. The summed E-state index contributed by atoms with van der Waals surface area (Å²) in [4.78, 5) is 11.6. The molecule has 0 amide bonds. The van der Waals surface area contributed by atoms with Gasteiger partial charge in [-0.05, 0) is 25.1 Å². The number of hydrogen-bond donors (Lipinski definition) is 0. The van der Waals surface area contributed by atoms with E-state index in [1.54, 1.807) is 18.2 Å². The van der Waals surface area contributed by atoms with Crippen LogP contribution in [0.4, 0.5) is 0 Å². The van der Waals surface area contributed by atoms with E-state index in [2.05, 4.69) is 17.0 Å². The van der Waals surface area contributed by atoms with Crippen molar-refractivity contribution in [3.63, 3.8) is 0 Å². The Morgan fingerprint density at radius 1 is 1.08 bits per heavy atom. The largest absolute Gasteiger partial charge is 0.465 e. The van der Waals surface area contributed by atoms with Crippen molar-refractivity contribution < 1.29 is 14.1 Å². The minimum absolute atomic E-state index is 0.384. The molecule has 0 unspecified atom stereocenters. The lowest BCUT2D eigenvalue weighted by molar-refractivity contribution is 0.0600. The van der Waals surface area contributed by atoms with E-state index in [0.717, 1.165) is 16.7 Å². The van der Waals surface area contributed by atoms with E-state index in [-0.39, 0.29) is 5.97 Å². The van der Waals surface area contributed by atoms with Crippen LogP contribution in [0.25, 0.3) is 11.3 Å². The van der Waals surface area contributed by atoms with E-state index in [1.807, 2.05) is 43.3 Å². The third-order valence-electron chi connectivity index (χ3n) is 3.53. The van der Waals surface area contributed by atoms with Gasteiger partial charge in [0.2, 0.25) is 0 Å². The fourth-order valence-corrected chi connectivity index (χ4v) is 2.29. The molecule has 0 aliphatic rings. The number of carbonyl (C=O) groups excluding carboxylic acids is 1. The number of benzene rings is 2. The third-order valence-corrected chi connectivity index (χ3v) is 3.53. The molecule has 0 aliphatic carbocycles. The summed E-state index contributed by atoms with van der Waals surface area (Å²) in [6, 6.07) is 16.7. The number of carbonyl (C=O) groups is 1. The van der Waals surface area contributed by atoms with E-state index in [1.165, 1.54) is 7.11 Å². The molecule has 3 aromatic rings. The van der Waals surface area contributed by atoms with Crippen LogP contribution in [0.1, 0.15) is 27.2 Å². The summed E-state index contributed by atoms with van der Waals surface area (Å²) in [5, 5.41) is 4.11. The van der Waals surface area contributed by atoms with Gasteiger partial charge in [0.05, 0.1) is 18.2 Å². The Bertz CT molecular complexity index is 930. The molecule has 0 saturated carbocycles. The molecule has 4 heteroatoms. The van der Waals surface area contributed by atoms with Crippen molar-refractivity contribution in [2.45, 2.75) is 6.92 Å². The van der Waals surface area contributed by atoms with Crippen LogP contribution in [0.5, 0.6) is 0 Å². The van der Waals surface area contributed by atoms with E-state index in [0.29, 0.717) is 17.0 Å². The summed E-state index contributed by atoms with van der Waals surface area (Å²) in [6.45, 7) is 1.83. The highest BCUT2D eigenvalue weighted by Crippen LogP contribution is 2.24. The van der Waals surface area contributed by atoms with Crippen LogP contribution < -0.4 is 0 Å². The minimum Gasteiger partial charge on any atom is -0.465 e. The van der Waals surface area contributed by atoms with Crippen LogP contribution in [0.15, 0.2) is 59.1 Å². The number of nitrogens with zero attached hydrogens (tertiary/aromatic N) is 1. The van der Waals surface area contributed by atoms with Gasteiger partial charge in [0, 0.05) is 11.1 Å². The average molecular weight is 317 g/mol. The Morgan fingerprint density at radius 2 is 1.88 bits per heavy atom. The fraction of sp³-hybridized carbons (Fsp3) is 0.100. The Balaban J connectivity index is 1.98. The second-order valence-corrected chi connectivity index (χ2v) is 5.15. The first kappa shape index (κ1) is 15.6. The summed E-state index contributed by atoms with van der Waals surface area (Å²) in [5.41, 5.74) is 3.59. The predicted molar refractivity (Wildman–Crippen MR) is 90.4 cm³/mol. The van der Waals surface area contributed by atoms with Gasteiger partial charge in [-0.3, -0.25) is 0 Å². The molecule has 4 nitrogen and oxygen atoms in total. The molecular formula is C20H15NO3. The topological polar surface area (TPSA) is 52.3 Å². The molecule has 24 heavy (non-hydrogen) atoms. The zero-order valence-electron chi connectivity index (χ0n) is 13.4. The van der Waals surface area contributed by atoms with Crippen molar-refractivity contribution in [3.8, 4) is 23.1 Å². The predicted octanol–water partition coefficient (Wildman–Crippen LogP) is 3.84. The van der Waals surface area contributed by atoms with E-state index >= 15 is 0 Å². The molecule has 0 atom stereocenters. The van der Waals surface area contributed by atoms with Gasteiger partial charge in [0.15, 0.2) is 0 Å². The third kappa shape index (κ3) is 3.21. The molecule has 118 valence electrons. The second kappa shape index (κ2) is 6.84. The maximum atomic E-state index is 11.6. The van der Waals surface area contributed by atoms with Gasteiger partial charge in [-0.25, -0.2) is 4.79 Å². The number of hydrogen-bond acceptors (Lipinski definition) is 4. The number of rotatable bonds is 2. The molecule has 2 aromatic carbocycles. The number of aromatic nitrogens is 1. The van der Waals surface area contributed by atoms with Gasteiger partial charge < -0.3 is 9.26 Å². The maximum Gasteiger partial charge on any atom is 0.337 e. The standard InChI is InChI=1S/C20H15NO3/c1-14-18(19(21-24-14)16-8-4-3-5-9-16)12-11-15-7-6-10-17(13-15)20(22)23-2/h3-10,13H,1-2H3. The summed E-state index contributed by atoms with van der Waals surface area (Å²) >= 11 is 0. The molecule has 1 aromatic heterocycles. The zero-order valence-corrected chi connectivity index (χ0v) is 13.4. The SMILES string of the molecule is COC(=O)c1cccc(C#Cc2c(-c3ccccc3)noc2C)c1. The van der Waals surface area contributed by atoms with Gasteiger partial charge in [-0.15, -0.1) is 0 Å². The summed E-state index contributed by atoms with van der Waals surface area (Å²) < 4.78 is 10.0. The molecule has 0 radical (unpaired) electrons. The molecule has 0 aliphatic heterocycles. The van der Waals surface area contributed by atoms with Gasteiger partial charge >= 0.3 is 5.97 Å². The van der Waals surface area contributed by atoms with Crippen molar-refractivity contribution in [1.29, 1.82) is 0 Å². The van der Waals surface area contributed by atoms with Crippen LogP contribution in [-0.2, 0) is 4.74 Å². The molecule has 0 saturated heterocycles. The summed E-state index contributed by atoms with van der Waals surface area (Å²) in [5.74, 6) is 6.44. The van der Waals surface area contributed by atoms with Crippen LogP contribution in [0.3, 0.4) is 0 Å². The number of aryl methyl sites for hydroxylation is 1. The van der Waals surface area contributed by atoms with E-state index in [9.17, 15) is 4.79 Å². The Morgan fingerprint density at radius 3 is 2.62 bits per heavy atom. The highest BCUT2D eigenvalue weighted by molar-refractivity contribution is 5.89. The Kier molecular flexibility index (Phi) is 4.44. The van der Waals surface area contributed by atoms with E-state index in [4.69, 9.17) is 9.26 Å². The monoisotopic (exact) mass is 317 g/mol. The first-order valence-corrected chi connectivity index (χ1v) is 7.41. The first-order chi connectivity index (χ1) is 11.7. The van der Waals surface area contributed by atoms with Crippen molar-refractivity contribution in [1.82, 2.24) is 5.16 Å². The number of ether oxygens (including phenoxy) is 1. The number of methoxy groups -OCH3 is 1. The van der Waals surface area contributed by atoms with Gasteiger partial charge in [-0.2, -0.15) is 0 Å². The van der Waals surface area contributed by atoms with Crippen molar-refractivity contribution in [2.75, 3.05) is 7.11 Å². The molecule has 0 bridgehead atoms. The molecule has 0 fully saturated rings. The quantitative estimate of drug-likeness (QED) is 0.532. The van der Waals surface area contributed by atoms with Crippen molar-refractivity contribution in [3.05, 3.63) is 77.0 Å². The minimum atomic E-state index is -0.384. The van der Waals surface area contributed by atoms with Gasteiger partial charge in [0.1, 0.15) is 11.5 Å². The van der Waals surface area contributed by atoms with Crippen LogP contribution in [0.2, 0.25) is 0 Å². The van der Waals surface area contributed by atoms with Crippen molar-refractivity contribution in [2.24, 2.45) is 0 Å². The summed E-state index contributed by atoms with van der Waals surface area (Å²) in [6.07, 6.45) is 0. The van der Waals surface area contributed by atoms with Crippen LogP contribution >= 0.6 is 0 Å². The lowest BCUT2D eigenvalue weighted by Gasteiger charge is -1.99. The fourth-order valence-electron chi connectivity index (χ4n) is 2.29. The Hall–Kier alpha value is -3.32. The molecule has 0 spiro atoms. The van der Waals surface area contributed by atoms with Gasteiger partial charge in [0.25, 0.3) is 0 Å². The van der Waals surface area contributed by atoms with Gasteiger partial charge in [-0.1, -0.05) is 53.4 Å². The molecule has 0 N–H and O–H groups in total. The molecule has 1 heterocycles. The smallest absolute Gasteiger partial charge is 0.337 e. The zero-order chi connectivity index (χ0) is 16.9. The highest BCUT2D eigenvalue weighted by Gasteiger charge is 2.12. The lowest BCUT2D eigenvalue weighted by Crippen LogP contribution is -2.00. The number of esters is 1. The first-order valence-electron chi connectivity index (χ1n) is 7.41. The Labute approximate surface area is 140 Å². The lowest BCUT2D eigenvalue weighted by atomic mass is 10.1. The van der Waals surface area contributed by atoms with Crippen LogP contribution in [-0.4, -0.2) is 18.2 Å². The highest BCUT2D eigenvalue weighted by atomic mass is 16.5. The maximum absolute atomic E-state index is 11.6.